The number of hydrogen-bond acceptors (Lipinski definition) is 5. The maximum atomic E-state index is 14.6. The molecule has 242 valence electrons. The van der Waals surface area contributed by atoms with Crippen molar-refractivity contribution in [2.24, 2.45) is 0 Å². The van der Waals surface area contributed by atoms with E-state index in [4.69, 9.17) is 0 Å². The number of nitrogens with zero attached hydrogens (tertiary/aromatic N) is 2. The van der Waals surface area contributed by atoms with Crippen LogP contribution in [0.15, 0.2) is 113 Å². The average molecular weight is 658 g/mol. The predicted octanol–water partition coefficient (Wildman–Crippen LogP) is 6.78. The highest BCUT2D eigenvalue weighted by Crippen LogP contribution is 2.27. The lowest BCUT2D eigenvalue weighted by Gasteiger charge is -2.34. The molecule has 0 saturated heterocycles. The molecule has 0 radical (unpaired) electrons. The van der Waals surface area contributed by atoms with Gasteiger partial charge in [0.1, 0.15) is 12.6 Å². The Hall–Kier alpha value is -4.08. The van der Waals surface area contributed by atoms with Gasteiger partial charge in [0.15, 0.2) is 0 Å². The van der Waals surface area contributed by atoms with Crippen molar-refractivity contribution in [2.75, 3.05) is 17.1 Å². The van der Waals surface area contributed by atoms with E-state index >= 15 is 0 Å². The fourth-order valence-corrected chi connectivity index (χ4v) is 6.82. The van der Waals surface area contributed by atoms with Gasteiger partial charge in [-0.25, -0.2) is 8.42 Å². The first-order valence-corrected chi connectivity index (χ1v) is 18.1. The van der Waals surface area contributed by atoms with E-state index in [1.807, 2.05) is 101 Å². The Labute approximate surface area is 278 Å². The molecule has 0 unspecified atom stereocenters. The number of amides is 2. The summed E-state index contributed by atoms with van der Waals surface area (Å²) in [6.07, 6.45) is 2.92. The van der Waals surface area contributed by atoms with Gasteiger partial charge in [-0.15, -0.1) is 11.8 Å². The van der Waals surface area contributed by atoms with Gasteiger partial charge in [-0.3, -0.25) is 13.9 Å². The van der Waals surface area contributed by atoms with E-state index in [0.717, 1.165) is 37.9 Å². The van der Waals surface area contributed by atoms with Crippen LogP contribution in [0.2, 0.25) is 0 Å². The van der Waals surface area contributed by atoms with Crippen LogP contribution < -0.4 is 9.62 Å². The zero-order valence-corrected chi connectivity index (χ0v) is 28.8. The predicted molar refractivity (Wildman–Crippen MR) is 187 cm³/mol. The number of nitrogens with one attached hydrogen (secondary N) is 1. The van der Waals surface area contributed by atoms with Crippen molar-refractivity contribution in [3.05, 3.63) is 125 Å². The smallest absolute Gasteiger partial charge is 0.264 e. The third kappa shape index (κ3) is 9.01. The van der Waals surface area contributed by atoms with Crippen LogP contribution in [0, 0.1) is 13.8 Å². The lowest BCUT2D eigenvalue weighted by atomic mass is 10.0. The summed E-state index contributed by atoms with van der Waals surface area (Å²) in [7, 11) is -4.15. The molecular formula is C37H43N3O4S2. The molecule has 46 heavy (non-hydrogen) atoms. The van der Waals surface area contributed by atoms with Gasteiger partial charge in [0.25, 0.3) is 10.0 Å². The Morgan fingerprint density at radius 1 is 0.804 bits per heavy atom. The lowest BCUT2D eigenvalue weighted by Crippen LogP contribution is -2.54. The number of rotatable bonds is 14. The van der Waals surface area contributed by atoms with Crippen LogP contribution in [0.5, 0.6) is 0 Å². The van der Waals surface area contributed by atoms with E-state index in [1.54, 1.807) is 36.4 Å². The van der Waals surface area contributed by atoms with E-state index in [-0.39, 0.29) is 29.8 Å². The Morgan fingerprint density at radius 3 is 1.96 bits per heavy atom. The van der Waals surface area contributed by atoms with Crippen molar-refractivity contribution < 1.29 is 18.0 Å². The average Bonchev–Trinajstić information content (AvgIpc) is 3.06. The van der Waals surface area contributed by atoms with E-state index in [9.17, 15) is 18.0 Å². The summed E-state index contributed by atoms with van der Waals surface area (Å²) in [6.45, 7) is 7.47. The van der Waals surface area contributed by atoms with Gasteiger partial charge in [0.05, 0.1) is 10.6 Å². The number of carbonyl (C=O) groups is 2. The zero-order valence-electron chi connectivity index (χ0n) is 27.1. The van der Waals surface area contributed by atoms with Gasteiger partial charge in [0.2, 0.25) is 11.8 Å². The highest BCUT2D eigenvalue weighted by Gasteiger charge is 2.35. The van der Waals surface area contributed by atoms with Crippen molar-refractivity contribution in [1.29, 1.82) is 0 Å². The van der Waals surface area contributed by atoms with Crippen LogP contribution >= 0.6 is 11.8 Å². The second-order valence-electron chi connectivity index (χ2n) is 11.6. The van der Waals surface area contributed by atoms with Crippen LogP contribution in [0.1, 0.15) is 42.5 Å². The van der Waals surface area contributed by atoms with E-state index in [0.29, 0.717) is 5.69 Å². The van der Waals surface area contributed by atoms with Crippen molar-refractivity contribution in [3.8, 4) is 0 Å². The highest BCUT2D eigenvalue weighted by atomic mass is 32.2. The number of benzene rings is 4. The molecule has 4 rings (SSSR count). The molecule has 0 aliphatic rings. The quantitative estimate of drug-likeness (QED) is 0.151. The minimum atomic E-state index is -4.15. The molecule has 9 heteroatoms. The largest absolute Gasteiger partial charge is 0.352 e. The summed E-state index contributed by atoms with van der Waals surface area (Å²) in [5, 5.41) is 3.07. The third-order valence-electron chi connectivity index (χ3n) is 7.99. The standard InChI is InChI=1S/C37H43N3O4S2/c1-6-29(4)38-37(42)35(24-30-10-8-7-9-11-30)39(25-31-16-12-27(2)13-17-31)36(41)26-40(32-18-14-28(3)15-19-32)46(43,44)34-22-20-33(45-5)21-23-34/h7-23,29,35H,6,24-26H2,1-5H3,(H,38,42)/t29-,35+/m1/s1. The third-order valence-corrected chi connectivity index (χ3v) is 10.5. The fraction of sp³-hybridized carbons (Fsp3) is 0.297. The minimum Gasteiger partial charge on any atom is -0.352 e. The molecule has 2 amide bonds. The maximum absolute atomic E-state index is 14.6. The van der Waals surface area contributed by atoms with Gasteiger partial charge >= 0.3 is 0 Å². The van der Waals surface area contributed by atoms with Gasteiger partial charge < -0.3 is 10.2 Å². The summed E-state index contributed by atoms with van der Waals surface area (Å²) in [4.78, 5) is 31.1. The number of hydrogen-bond donors (Lipinski definition) is 1. The first-order valence-electron chi connectivity index (χ1n) is 15.4. The van der Waals surface area contributed by atoms with E-state index in [2.05, 4.69) is 5.32 Å². The van der Waals surface area contributed by atoms with E-state index < -0.39 is 28.5 Å². The fourth-order valence-electron chi connectivity index (χ4n) is 5.00. The first kappa shape index (κ1) is 34.8. The Balaban J connectivity index is 1.80. The summed E-state index contributed by atoms with van der Waals surface area (Å²) >= 11 is 1.52. The Morgan fingerprint density at radius 2 is 1.39 bits per heavy atom. The summed E-state index contributed by atoms with van der Waals surface area (Å²) in [6, 6.07) is 30.1. The zero-order chi connectivity index (χ0) is 33.3. The SMILES string of the molecule is CC[C@@H](C)NC(=O)[C@H](Cc1ccccc1)N(Cc1ccc(C)cc1)C(=O)CN(c1ccc(C)cc1)S(=O)(=O)c1ccc(SC)cc1. The van der Waals surface area contributed by atoms with Crippen LogP contribution in [0.25, 0.3) is 0 Å². The number of thioether (sulfide) groups is 1. The van der Waals surface area contributed by atoms with Gasteiger partial charge in [0, 0.05) is 23.9 Å². The normalized spacial score (nSPS) is 12.6. The molecule has 0 bridgehead atoms. The maximum Gasteiger partial charge on any atom is 0.264 e. The number of sulfonamides is 1. The molecule has 0 spiro atoms. The van der Waals surface area contributed by atoms with Crippen LogP contribution in [0.3, 0.4) is 0 Å². The molecule has 0 aliphatic heterocycles. The van der Waals surface area contributed by atoms with Crippen molar-refractivity contribution in [3.63, 3.8) is 0 Å². The molecule has 0 fully saturated rings. The molecule has 0 heterocycles. The Bertz CT molecular complexity index is 1690. The first-order chi connectivity index (χ1) is 22.0. The molecule has 0 aromatic heterocycles. The summed E-state index contributed by atoms with van der Waals surface area (Å²) < 4.78 is 29.6. The molecule has 7 nitrogen and oxygen atoms in total. The van der Waals surface area contributed by atoms with Crippen LogP contribution in [-0.4, -0.2) is 50.0 Å². The van der Waals surface area contributed by atoms with Gasteiger partial charge in [-0.05, 0) is 81.0 Å². The van der Waals surface area contributed by atoms with Gasteiger partial charge in [-0.2, -0.15) is 0 Å². The lowest BCUT2D eigenvalue weighted by molar-refractivity contribution is -0.140. The second kappa shape index (κ2) is 16.0. The van der Waals surface area contributed by atoms with Crippen molar-refractivity contribution >= 4 is 39.3 Å². The monoisotopic (exact) mass is 657 g/mol. The second-order valence-corrected chi connectivity index (χ2v) is 14.3. The molecule has 0 saturated carbocycles. The molecule has 4 aromatic rings. The number of carbonyl (C=O) groups excluding carboxylic acids is 2. The van der Waals surface area contributed by atoms with Crippen molar-refractivity contribution in [2.45, 2.75) is 69.0 Å². The van der Waals surface area contributed by atoms with Crippen LogP contribution in [-0.2, 0) is 32.6 Å². The van der Waals surface area contributed by atoms with E-state index in [1.165, 1.54) is 16.7 Å². The number of anilines is 1. The summed E-state index contributed by atoms with van der Waals surface area (Å²) in [5.41, 5.74) is 4.13. The van der Waals surface area contributed by atoms with Gasteiger partial charge in [-0.1, -0.05) is 84.8 Å². The molecule has 1 N–H and O–H groups in total. The number of aryl methyl sites for hydroxylation is 2. The highest BCUT2D eigenvalue weighted by molar-refractivity contribution is 7.98. The molecule has 2 atom stereocenters. The molecule has 4 aromatic carbocycles. The molecular weight excluding hydrogens is 615 g/mol. The summed E-state index contributed by atoms with van der Waals surface area (Å²) in [5.74, 6) is -0.762. The topological polar surface area (TPSA) is 86.8 Å². The van der Waals surface area contributed by atoms with Crippen molar-refractivity contribution in [1.82, 2.24) is 10.2 Å². The molecule has 0 aliphatic carbocycles. The minimum absolute atomic E-state index is 0.0825. The van der Waals surface area contributed by atoms with Crippen LogP contribution in [0.4, 0.5) is 5.69 Å². The Kier molecular flexibility index (Phi) is 12.1.